The molecule has 2 heterocycles. The molecule has 6 nitrogen and oxygen atoms in total. The lowest BCUT2D eigenvalue weighted by Crippen LogP contribution is -2.80. The average Bonchev–Trinajstić information content (AvgIpc) is 3.07. The highest BCUT2D eigenvalue weighted by Crippen LogP contribution is 2.58. The van der Waals surface area contributed by atoms with Crippen LogP contribution in [0.2, 0.25) is 0 Å². The van der Waals surface area contributed by atoms with Gasteiger partial charge in [0.2, 0.25) is 5.91 Å². The molecule has 1 saturated heterocycles. The molecule has 2 aliphatic rings. The maximum Gasteiger partial charge on any atom is 0.241 e. The molecule has 20 heavy (non-hydrogen) atoms. The van der Waals surface area contributed by atoms with Gasteiger partial charge in [0.25, 0.3) is 0 Å². The standard InChI is InChI=1S/C14H22N4O2/c1-8(11-16-5-6-17-11)18-12(19)14(15)9-4-7-20-10(9)13(14,2)3/h5-6,8-10H,4,7,15H2,1-3H3,(H,16,17)(H,18,19). The quantitative estimate of drug-likeness (QED) is 0.760. The Morgan fingerprint density at radius 3 is 3.05 bits per heavy atom. The molecule has 1 amide bonds. The van der Waals surface area contributed by atoms with E-state index in [-0.39, 0.29) is 29.4 Å². The van der Waals surface area contributed by atoms with Crippen LogP contribution in [-0.2, 0) is 9.53 Å². The van der Waals surface area contributed by atoms with Gasteiger partial charge in [0.15, 0.2) is 0 Å². The monoisotopic (exact) mass is 278 g/mol. The third-order valence-corrected chi connectivity index (χ3v) is 5.11. The highest BCUT2D eigenvalue weighted by Gasteiger charge is 2.71. The summed E-state index contributed by atoms with van der Waals surface area (Å²) in [5.74, 6) is 0.734. The number of nitrogens with two attached hydrogens (primary N) is 1. The Balaban J connectivity index is 1.77. The molecule has 1 aliphatic carbocycles. The SMILES string of the molecule is CC(NC(=O)C1(N)C2CCOC2C1(C)C)c1ncc[nH]1. The van der Waals surface area contributed by atoms with Crippen LogP contribution in [0.5, 0.6) is 0 Å². The van der Waals surface area contributed by atoms with E-state index in [4.69, 9.17) is 10.5 Å². The lowest BCUT2D eigenvalue weighted by Gasteiger charge is -2.60. The van der Waals surface area contributed by atoms with Crippen molar-refractivity contribution in [3.63, 3.8) is 0 Å². The van der Waals surface area contributed by atoms with Gasteiger partial charge in [0.05, 0.1) is 12.1 Å². The summed E-state index contributed by atoms with van der Waals surface area (Å²) >= 11 is 0. The van der Waals surface area contributed by atoms with Crippen LogP contribution in [0.3, 0.4) is 0 Å². The molecular weight excluding hydrogens is 256 g/mol. The van der Waals surface area contributed by atoms with E-state index in [2.05, 4.69) is 15.3 Å². The molecule has 4 atom stereocenters. The van der Waals surface area contributed by atoms with Crippen molar-refractivity contribution in [2.75, 3.05) is 6.61 Å². The minimum Gasteiger partial charge on any atom is -0.377 e. The Morgan fingerprint density at radius 1 is 1.65 bits per heavy atom. The summed E-state index contributed by atoms with van der Waals surface area (Å²) in [4.78, 5) is 19.8. The Bertz CT molecular complexity index is 513. The zero-order chi connectivity index (χ0) is 14.5. The van der Waals surface area contributed by atoms with Crippen molar-refractivity contribution in [3.05, 3.63) is 18.2 Å². The topological polar surface area (TPSA) is 93.0 Å². The van der Waals surface area contributed by atoms with Crippen molar-refractivity contribution >= 4 is 5.91 Å². The molecule has 1 aromatic heterocycles. The van der Waals surface area contributed by atoms with E-state index in [1.165, 1.54) is 0 Å². The number of amides is 1. The number of fused-ring (bicyclic) bond motifs is 1. The van der Waals surface area contributed by atoms with E-state index in [0.29, 0.717) is 6.61 Å². The first kappa shape index (κ1) is 13.6. The Labute approximate surface area is 118 Å². The van der Waals surface area contributed by atoms with Crippen molar-refractivity contribution in [2.24, 2.45) is 17.1 Å². The predicted molar refractivity (Wildman–Crippen MR) is 73.7 cm³/mol. The van der Waals surface area contributed by atoms with Crippen molar-refractivity contribution in [1.29, 1.82) is 0 Å². The number of imidazole rings is 1. The number of hydrogen-bond donors (Lipinski definition) is 3. The first-order valence-electron chi connectivity index (χ1n) is 7.09. The molecular formula is C14H22N4O2. The van der Waals surface area contributed by atoms with Gasteiger partial charge in [-0.2, -0.15) is 0 Å². The third-order valence-electron chi connectivity index (χ3n) is 5.11. The molecule has 0 aromatic carbocycles. The summed E-state index contributed by atoms with van der Waals surface area (Å²) in [6, 6.07) is -0.185. The number of carbonyl (C=O) groups excluding carboxylic acids is 1. The fraction of sp³-hybridized carbons (Fsp3) is 0.714. The van der Waals surface area contributed by atoms with Gasteiger partial charge in [0, 0.05) is 30.3 Å². The summed E-state index contributed by atoms with van der Waals surface area (Å²) in [5.41, 5.74) is 5.28. The van der Waals surface area contributed by atoms with Gasteiger partial charge in [-0.1, -0.05) is 13.8 Å². The minimum atomic E-state index is -0.866. The van der Waals surface area contributed by atoms with E-state index in [1.54, 1.807) is 12.4 Å². The number of nitrogens with one attached hydrogen (secondary N) is 2. The minimum absolute atomic E-state index is 0.0946. The molecule has 3 rings (SSSR count). The predicted octanol–water partition coefficient (Wildman–Crippen LogP) is 0.729. The molecule has 2 fully saturated rings. The van der Waals surface area contributed by atoms with Gasteiger partial charge in [-0.05, 0) is 13.3 Å². The number of ether oxygens (including phenoxy) is 1. The molecule has 6 heteroatoms. The van der Waals surface area contributed by atoms with Crippen molar-refractivity contribution in [2.45, 2.75) is 44.9 Å². The molecule has 1 aliphatic heterocycles. The highest BCUT2D eigenvalue weighted by molar-refractivity contribution is 5.89. The van der Waals surface area contributed by atoms with Gasteiger partial charge < -0.3 is 20.8 Å². The van der Waals surface area contributed by atoms with E-state index in [1.807, 2.05) is 20.8 Å². The van der Waals surface area contributed by atoms with Gasteiger partial charge >= 0.3 is 0 Å². The van der Waals surface area contributed by atoms with Gasteiger partial charge in [-0.25, -0.2) is 4.98 Å². The van der Waals surface area contributed by atoms with Crippen LogP contribution >= 0.6 is 0 Å². The molecule has 1 saturated carbocycles. The van der Waals surface area contributed by atoms with Crippen LogP contribution < -0.4 is 11.1 Å². The van der Waals surface area contributed by atoms with E-state index in [9.17, 15) is 4.79 Å². The van der Waals surface area contributed by atoms with E-state index < -0.39 is 5.54 Å². The zero-order valence-corrected chi connectivity index (χ0v) is 12.1. The lowest BCUT2D eigenvalue weighted by molar-refractivity contribution is -0.176. The molecule has 4 N–H and O–H groups in total. The van der Waals surface area contributed by atoms with Crippen LogP contribution in [0.15, 0.2) is 12.4 Å². The van der Waals surface area contributed by atoms with E-state index >= 15 is 0 Å². The lowest BCUT2D eigenvalue weighted by atomic mass is 9.48. The number of carbonyl (C=O) groups is 1. The molecule has 1 aromatic rings. The Kier molecular flexibility index (Phi) is 2.92. The maximum atomic E-state index is 12.7. The maximum absolute atomic E-state index is 12.7. The summed E-state index contributed by atoms with van der Waals surface area (Å²) in [7, 11) is 0. The van der Waals surface area contributed by atoms with E-state index in [0.717, 1.165) is 12.2 Å². The van der Waals surface area contributed by atoms with Crippen LogP contribution in [0.4, 0.5) is 0 Å². The van der Waals surface area contributed by atoms with Crippen molar-refractivity contribution < 1.29 is 9.53 Å². The second-order valence-electron chi connectivity index (χ2n) is 6.45. The number of H-pyrrole nitrogens is 1. The Hall–Kier alpha value is -1.40. The smallest absolute Gasteiger partial charge is 0.241 e. The summed E-state index contributed by atoms with van der Waals surface area (Å²) in [6.07, 6.45) is 4.36. The Morgan fingerprint density at radius 2 is 2.40 bits per heavy atom. The second kappa shape index (κ2) is 4.30. The van der Waals surface area contributed by atoms with Crippen LogP contribution in [0.25, 0.3) is 0 Å². The molecule has 110 valence electrons. The summed E-state index contributed by atoms with van der Waals surface area (Å²) in [5, 5.41) is 2.98. The first-order valence-corrected chi connectivity index (χ1v) is 7.09. The largest absolute Gasteiger partial charge is 0.377 e. The highest BCUT2D eigenvalue weighted by atomic mass is 16.5. The number of aromatic nitrogens is 2. The number of rotatable bonds is 3. The fourth-order valence-electron chi connectivity index (χ4n) is 3.74. The number of aromatic amines is 1. The molecule has 0 spiro atoms. The van der Waals surface area contributed by atoms with Gasteiger partial charge in [-0.15, -0.1) is 0 Å². The normalized spacial score (nSPS) is 36.0. The first-order chi connectivity index (χ1) is 9.39. The molecule has 0 radical (unpaired) electrons. The summed E-state index contributed by atoms with van der Waals surface area (Å²) in [6.45, 7) is 6.61. The molecule has 0 bridgehead atoms. The summed E-state index contributed by atoms with van der Waals surface area (Å²) < 4.78 is 5.71. The van der Waals surface area contributed by atoms with Crippen LogP contribution in [-0.4, -0.2) is 34.1 Å². The second-order valence-corrected chi connectivity index (χ2v) is 6.45. The number of hydrogen-bond acceptors (Lipinski definition) is 4. The van der Waals surface area contributed by atoms with Gasteiger partial charge in [0.1, 0.15) is 11.4 Å². The van der Waals surface area contributed by atoms with Gasteiger partial charge in [-0.3, -0.25) is 4.79 Å². The zero-order valence-electron chi connectivity index (χ0n) is 12.1. The van der Waals surface area contributed by atoms with Crippen molar-refractivity contribution in [1.82, 2.24) is 15.3 Å². The molecule has 4 unspecified atom stereocenters. The van der Waals surface area contributed by atoms with Crippen molar-refractivity contribution in [3.8, 4) is 0 Å². The number of nitrogens with zero attached hydrogens (tertiary/aromatic N) is 1. The fourth-order valence-corrected chi connectivity index (χ4v) is 3.74. The van der Waals surface area contributed by atoms with Crippen LogP contribution in [0, 0.1) is 11.3 Å². The average molecular weight is 278 g/mol. The third kappa shape index (κ3) is 1.58. The van der Waals surface area contributed by atoms with Crippen LogP contribution in [0.1, 0.15) is 39.1 Å².